The van der Waals surface area contributed by atoms with Crippen LogP contribution in [0, 0.1) is 0 Å². The number of fused-ring (bicyclic) bond motifs is 1. The number of H-pyrrole nitrogens is 1. The van der Waals surface area contributed by atoms with E-state index in [1.165, 1.54) is 0 Å². The number of nitrogens with two attached hydrogens (primary N) is 1. The molecule has 146 valence electrons. The van der Waals surface area contributed by atoms with Crippen molar-refractivity contribution in [2.45, 2.75) is 37.0 Å². The number of nitrogens with one attached hydrogen (secondary N) is 2. The maximum Gasteiger partial charge on any atom is 0.237 e. The largest absolute Gasteiger partial charge is 0.367 e. The Balaban J connectivity index is 1.37. The van der Waals surface area contributed by atoms with Crippen molar-refractivity contribution in [2.24, 2.45) is 15.8 Å². The molecule has 3 heterocycles. The van der Waals surface area contributed by atoms with Gasteiger partial charge in [0, 0.05) is 35.6 Å². The first-order valence-electron chi connectivity index (χ1n) is 9.25. The number of guanidine groups is 1. The lowest BCUT2D eigenvalue weighted by Gasteiger charge is -2.27. The van der Waals surface area contributed by atoms with Crippen LogP contribution >= 0.6 is 11.8 Å². The summed E-state index contributed by atoms with van der Waals surface area (Å²) < 4.78 is 2.09. The first-order chi connectivity index (χ1) is 13.7. The second kappa shape index (κ2) is 8.42. The predicted molar refractivity (Wildman–Crippen MR) is 113 cm³/mol. The minimum absolute atomic E-state index is 0.244. The van der Waals surface area contributed by atoms with E-state index in [-0.39, 0.29) is 5.96 Å². The van der Waals surface area contributed by atoms with E-state index in [1.54, 1.807) is 30.7 Å². The van der Waals surface area contributed by atoms with Crippen molar-refractivity contribution < 1.29 is 0 Å². The minimum Gasteiger partial charge on any atom is -0.367 e. The zero-order chi connectivity index (χ0) is 19.3. The average molecular weight is 398 g/mol. The zero-order valence-electron chi connectivity index (χ0n) is 15.6. The fourth-order valence-electron chi connectivity index (χ4n) is 3.52. The SMILES string of the molecule is CN/N=C(N)\N=C\SC1CCC(n2cc(-c3ncnc4[nH]ccc34)cn2)CC1. The highest BCUT2D eigenvalue weighted by Gasteiger charge is 2.23. The molecular formula is C18H23N9S. The van der Waals surface area contributed by atoms with Gasteiger partial charge < -0.3 is 16.1 Å². The van der Waals surface area contributed by atoms with Gasteiger partial charge in [0.15, 0.2) is 0 Å². The molecule has 10 heteroatoms. The number of aliphatic imine (C=N–C) groups is 1. The molecule has 1 fully saturated rings. The van der Waals surface area contributed by atoms with E-state index in [0.717, 1.165) is 48.0 Å². The molecule has 1 aliphatic carbocycles. The summed E-state index contributed by atoms with van der Waals surface area (Å²) in [5, 5.41) is 9.99. The maximum atomic E-state index is 5.63. The maximum absolute atomic E-state index is 5.63. The van der Waals surface area contributed by atoms with Crippen molar-refractivity contribution in [1.82, 2.24) is 30.2 Å². The number of thioether (sulfide) groups is 1. The van der Waals surface area contributed by atoms with Crippen LogP contribution in [0.15, 0.2) is 41.1 Å². The van der Waals surface area contributed by atoms with Crippen molar-refractivity contribution >= 4 is 34.3 Å². The second-order valence-corrected chi connectivity index (χ2v) is 7.82. The highest BCUT2D eigenvalue weighted by atomic mass is 32.2. The molecule has 0 aromatic carbocycles. The van der Waals surface area contributed by atoms with Crippen LogP contribution in [0.4, 0.5) is 0 Å². The van der Waals surface area contributed by atoms with Gasteiger partial charge >= 0.3 is 0 Å². The predicted octanol–water partition coefficient (Wildman–Crippen LogP) is 2.52. The Bertz CT molecular complexity index is 982. The summed E-state index contributed by atoms with van der Waals surface area (Å²) in [7, 11) is 1.70. The Kier molecular flexibility index (Phi) is 5.56. The molecule has 3 aromatic rings. The number of aromatic amines is 1. The van der Waals surface area contributed by atoms with Gasteiger partial charge in [-0.2, -0.15) is 5.10 Å². The summed E-state index contributed by atoms with van der Waals surface area (Å²) in [5.41, 5.74) is 12.8. The molecule has 0 radical (unpaired) electrons. The summed E-state index contributed by atoms with van der Waals surface area (Å²) >= 11 is 1.72. The number of aromatic nitrogens is 5. The summed E-state index contributed by atoms with van der Waals surface area (Å²) in [6.07, 6.45) is 11.9. The molecule has 0 atom stereocenters. The fraction of sp³-hybridized carbons (Fsp3) is 0.389. The van der Waals surface area contributed by atoms with Crippen molar-refractivity contribution in [1.29, 1.82) is 0 Å². The number of hydrogen-bond donors (Lipinski definition) is 3. The Morgan fingerprint density at radius 3 is 3.04 bits per heavy atom. The van der Waals surface area contributed by atoms with Gasteiger partial charge in [0.1, 0.15) is 12.0 Å². The lowest BCUT2D eigenvalue weighted by molar-refractivity contribution is 0.335. The third kappa shape index (κ3) is 4.01. The molecule has 0 saturated heterocycles. The number of hydrazone groups is 1. The van der Waals surface area contributed by atoms with Crippen LogP contribution in [-0.2, 0) is 0 Å². The van der Waals surface area contributed by atoms with Gasteiger partial charge in [-0.25, -0.2) is 15.0 Å². The molecule has 0 unspecified atom stereocenters. The molecule has 0 bridgehead atoms. The molecule has 0 spiro atoms. The third-order valence-corrected chi connectivity index (χ3v) is 5.99. The van der Waals surface area contributed by atoms with Gasteiger partial charge in [0.25, 0.3) is 0 Å². The van der Waals surface area contributed by atoms with Crippen LogP contribution in [0.5, 0.6) is 0 Å². The van der Waals surface area contributed by atoms with Crippen molar-refractivity contribution in [3.63, 3.8) is 0 Å². The van der Waals surface area contributed by atoms with E-state index in [9.17, 15) is 0 Å². The van der Waals surface area contributed by atoms with Gasteiger partial charge in [-0.3, -0.25) is 4.68 Å². The first-order valence-corrected chi connectivity index (χ1v) is 10.2. The summed E-state index contributed by atoms with van der Waals surface area (Å²) in [4.78, 5) is 15.9. The van der Waals surface area contributed by atoms with Crippen LogP contribution in [0.2, 0.25) is 0 Å². The smallest absolute Gasteiger partial charge is 0.237 e. The standard InChI is InChI=1S/C18H23N9S/c1-20-26-18(19)24-11-28-14-4-2-13(3-5-14)27-9-12(8-25-27)16-15-6-7-21-17(15)23-10-22-16/h6-11,13-14,20H,2-5H2,1H3,(H2,19,26)(H,21,22,23)/b24-11+. The van der Waals surface area contributed by atoms with E-state index in [4.69, 9.17) is 5.73 Å². The number of rotatable bonds is 5. The second-order valence-electron chi connectivity index (χ2n) is 6.67. The van der Waals surface area contributed by atoms with Crippen LogP contribution in [-0.4, -0.2) is 48.5 Å². The fourth-order valence-corrected chi connectivity index (χ4v) is 4.41. The van der Waals surface area contributed by atoms with Crippen LogP contribution < -0.4 is 11.2 Å². The highest BCUT2D eigenvalue weighted by molar-refractivity contribution is 8.12. The highest BCUT2D eigenvalue weighted by Crippen LogP contribution is 2.34. The van der Waals surface area contributed by atoms with E-state index < -0.39 is 0 Å². The van der Waals surface area contributed by atoms with Crippen LogP contribution in [0.25, 0.3) is 22.3 Å². The van der Waals surface area contributed by atoms with Gasteiger partial charge in [-0.15, -0.1) is 16.9 Å². The molecule has 3 aromatic heterocycles. The Hall–Kier alpha value is -2.88. The Morgan fingerprint density at radius 2 is 2.21 bits per heavy atom. The van der Waals surface area contributed by atoms with Gasteiger partial charge in [-0.1, -0.05) is 0 Å². The van der Waals surface area contributed by atoms with E-state index in [2.05, 4.69) is 46.4 Å². The topological polar surface area (TPSA) is 122 Å². The lowest BCUT2D eigenvalue weighted by Crippen LogP contribution is -2.20. The molecule has 9 nitrogen and oxygen atoms in total. The van der Waals surface area contributed by atoms with E-state index in [1.807, 2.05) is 18.5 Å². The Labute approximate surface area is 166 Å². The van der Waals surface area contributed by atoms with Gasteiger partial charge in [0.05, 0.1) is 23.5 Å². The molecule has 4 N–H and O–H groups in total. The molecule has 1 aliphatic rings. The lowest BCUT2D eigenvalue weighted by atomic mass is 9.95. The average Bonchev–Trinajstić information content (AvgIpc) is 3.38. The summed E-state index contributed by atoms with van der Waals surface area (Å²) in [6, 6.07) is 2.42. The minimum atomic E-state index is 0.244. The monoisotopic (exact) mass is 397 g/mol. The van der Waals surface area contributed by atoms with Crippen molar-refractivity contribution in [2.75, 3.05) is 7.05 Å². The molecule has 0 aliphatic heterocycles. The molecule has 28 heavy (non-hydrogen) atoms. The third-order valence-electron chi connectivity index (χ3n) is 4.91. The zero-order valence-corrected chi connectivity index (χ0v) is 16.4. The summed E-state index contributed by atoms with van der Waals surface area (Å²) in [5.74, 6) is 0.244. The van der Waals surface area contributed by atoms with E-state index >= 15 is 0 Å². The van der Waals surface area contributed by atoms with Gasteiger partial charge in [0.2, 0.25) is 5.96 Å². The number of hydrogen-bond acceptors (Lipinski definition) is 6. The van der Waals surface area contributed by atoms with Crippen molar-refractivity contribution in [3.05, 3.63) is 31.0 Å². The molecular weight excluding hydrogens is 374 g/mol. The first kappa shape index (κ1) is 18.5. The molecule has 0 amide bonds. The van der Waals surface area contributed by atoms with Crippen LogP contribution in [0.3, 0.4) is 0 Å². The normalized spacial score (nSPS) is 20.8. The number of nitrogens with zero attached hydrogens (tertiary/aromatic N) is 6. The molecule has 4 rings (SSSR count). The van der Waals surface area contributed by atoms with E-state index in [0.29, 0.717) is 11.3 Å². The quantitative estimate of drug-likeness (QED) is 0.345. The molecule has 1 saturated carbocycles. The Morgan fingerprint density at radius 1 is 1.36 bits per heavy atom. The van der Waals surface area contributed by atoms with Gasteiger partial charge in [-0.05, 0) is 31.7 Å². The summed E-state index contributed by atoms with van der Waals surface area (Å²) in [6.45, 7) is 0. The van der Waals surface area contributed by atoms with Crippen molar-refractivity contribution in [3.8, 4) is 11.3 Å². The van der Waals surface area contributed by atoms with Crippen LogP contribution in [0.1, 0.15) is 31.7 Å².